The Morgan fingerprint density at radius 3 is 2.30 bits per heavy atom. The van der Waals surface area contributed by atoms with Gasteiger partial charge in [0, 0.05) is 0 Å². The average molecular weight is 144 g/mol. The zero-order chi connectivity index (χ0) is 7.82. The van der Waals surface area contributed by atoms with Crippen LogP contribution in [0.15, 0.2) is 0 Å². The van der Waals surface area contributed by atoms with E-state index in [0.29, 0.717) is 0 Å². The molecule has 0 aromatic carbocycles. The first-order valence-electron chi connectivity index (χ1n) is 4.14. The minimum Gasteiger partial charge on any atom is -0.320 e. The normalized spacial score (nSPS) is 13.5. The van der Waals surface area contributed by atoms with Crippen LogP contribution < -0.4 is 10.6 Å². The highest BCUT2D eigenvalue weighted by Crippen LogP contribution is 2.04. The molecule has 0 heterocycles. The molecular weight excluding hydrogens is 124 g/mol. The molecule has 0 spiro atoms. The van der Waals surface area contributed by atoms with Gasteiger partial charge in [-0.1, -0.05) is 13.3 Å². The first-order chi connectivity index (χ1) is 4.85. The molecule has 62 valence electrons. The lowest BCUT2D eigenvalue weighted by Crippen LogP contribution is -2.22. The monoisotopic (exact) mass is 144 g/mol. The molecule has 2 N–H and O–H groups in total. The molecule has 2 nitrogen and oxygen atoms in total. The van der Waals surface area contributed by atoms with E-state index in [1.54, 1.807) is 0 Å². The second-order valence-electron chi connectivity index (χ2n) is 2.72. The summed E-state index contributed by atoms with van der Waals surface area (Å²) in [6.07, 6.45) is 2.57. The number of rotatable bonds is 6. The molecule has 1 atom stereocenters. The van der Waals surface area contributed by atoms with Gasteiger partial charge in [-0.15, -0.1) is 0 Å². The Labute approximate surface area is 64.4 Å². The van der Waals surface area contributed by atoms with Crippen LogP contribution in [-0.4, -0.2) is 27.2 Å². The molecule has 2 heteroatoms. The van der Waals surface area contributed by atoms with Crippen molar-refractivity contribution in [3.8, 4) is 0 Å². The van der Waals surface area contributed by atoms with Crippen molar-refractivity contribution in [1.82, 2.24) is 10.6 Å². The zero-order valence-electron chi connectivity index (χ0n) is 7.41. The summed E-state index contributed by atoms with van der Waals surface area (Å²) in [5.74, 6) is 0.845. The third-order valence-corrected chi connectivity index (χ3v) is 1.87. The predicted molar refractivity (Wildman–Crippen MR) is 46.3 cm³/mol. The molecule has 0 saturated heterocycles. The van der Waals surface area contributed by atoms with Gasteiger partial charge >= 0.3 is 0 Å². The van der Waals surface area contributed by atoms with Gasteiger partial charge in [0.25, 0.3) is 0 Å². The highest BCUT2D eigenvalue weighted by atomic mass is 14.8. The lowest BCUT2D eigenvalue weighted by Gasteiger charge is -2.12. The first-order valence-corrected chi connectivity index (χ1v) is 4.14. The molecule has 0 saturated carbocycles. The van der Waals surface area contributed by atoms with Crippen molar-refractivity contribution in [2.24, 2.45) is 5.92 Å². The average Bonchev–Trinajstić information content (AvgIpc) is 1.98. The van der Waals surface area contributed by atoms with Crippen LogP contribution in [0.5, 0.6) is 0 Å². The molecule has 0 aliphatic heterocycles. The van der Waals surface area contributed by atoms with Gasteiger partial charge in [0.1, 0.15) is 0 Å². The largest absolute Gasteiger partial charge is 0.320 e. The topological polar surface area (TPSA) is 24.1 Å². The summed E-state index contributed by atoms with van der Waals surface area (Å²) in [7, 11) is 4.02. The lowest BCUT2D eigenvalue weighted by atomic mass is 10.0. The summed E-state index contributed by atoms with van der Waals surface area (Å²) in [6.45, 7) is 4.54. The second-order valence-corrected chi connectivity index (χ2v) is 2.72. The molecule has 0 bridgehead atoms. The summed E-state index contributed by atoms with van der Waals surface area (Å²) < 4.78 is 0. The quantitative estimate of drug-likeness (QED) is 0.577. The van der Waals surface area contributed by atoms with Crippen molar-refractivity contribution >= 4 is 0 Å². The SMILES string of the molecule is CCC(CCNC)CNC. The summed E-state index contributed by atoms with van der Waals surface area (Å²) in [6, 6.07) is 0. The molecule has 10 heavy (non-hydrogen) atoms. The van der Waals surface area contributed by atoms with Gasteiger partial charge < -0.3 is 10.6 Å². The highest BCUT2D eigenvalue weighted by molar-refractivity contribution is 4.59. The fourth-order valence-corrected chi connectivity index (χ4v) is 1.09. The van der Waals surface area contributed by atoms with E-state index >= 15 is 0 Å². The maximum absolute atomic E-state index is 3.20. The Bertz CT molecular complexity index is 64.3. The van der Waals surface area contributed by atoms with Crippen molar-refractivity contribution in [2.45, 2.75) is 19.8 Å². The van der Waals surface area contributed by atoms with Crippen LogP contribution in [0.2, 0.25) is 0 Å². The molecule has 1 unspecified atom stereocenters. The van der Waals surface area contributed by atoms with E-state index in [1.807, 2.05) is 14.1 Å². The van der Waals surface area contributed by atoms with Crippen molar-refractivity contribution in [3.63, 3.8) is 0 Å². The van der Waals surface area contributed by atoms with E-state index < -0.39 is 0 Å². The Morgan fingerprint density at radius 1 is 1.20 bits per heavy atom. The van der Waals surface area contributed by atoms with Gasteiger partial charge in [-0.3, -0.25) is 0 Å². The van der Waals surface area contributed by atoms with Crippen LogP contribution in [0.1, 0.15) is 19.8 Å². The Kier molecular flexibility index (Phi) is 6.98. The summed E-state index contributed by atoms with van der Waals surface area (Å²) >= 11 is 0. The van der Waals surface area contributed by atoms with Crippen molar-refractivity contribution in [3.05, 3.63) is 0 Å². The maximum Gasteiger partial charge on any atom is -0.00231 e. The fraction of sp³-hybridized carbons (Fsp3) is 1.00. The fourth-order valence-electron chi connectivity index (χ4n) is 1.09. The van der Waals surface area contributed by atoms with Crippen LogP contribution in [0.3, 0.4) is 0 Å². The molecule has 0 amide bonds. The van der Waals surface area contributed by atoms with Crippen LogP contribution in [0, 0.1) is 5.92 Å². The van der Waals surface area contributed by atoms with Crippen LogP contribution >= 0.6 is 0 Å². The van der Waals surface area contributed by atoms with E-state index in [-0.39, 0.29) is 0 Å². The Morgan fingerprint density at radius 2 is 1.90 bits per heavy atom. The Hall–Kier alpha value is -0.0800. The van der Waals surface area contributed by atoms with E-state index in [0.717, 1.165) is 19.0 Å². The zero-order valence-corrected chi connectivity index (χ0v) is 7.41. The van der Waals surface area contributed by atoms with Crippen molar-refractivity contribution in [2.75, 3.05) is 27.2 Å². The van der Waals surface area contributed by atoms with Gasteiger partial charge in [0.05, 0.1) is 0 Å². The minimum atomic E-state index is 0.845. The third kappa shape index (κ3) is 4.77. The molecule has 0 radical (unpaired) electrons. The molecule has 0 aliphatic rings. The smallest absolute Gasteiger partial charge is 0.00231 e. The van der Waals surface area contributed by atoms with E-state index in [2.05, 4.69) is 17.6 Å². The van der Waals surface area contributed by atoms with Gasteiger partial charge in [-0.2, -0.15) is 0 Å². The molecule has 0 aliphatic carbocycles. The van der Waals surface area contributed by atoms with Crippen LogP contribution in [-0.2, 0) is 0 Å². The molecular formula is C8H20N2. The summed E-state index contributed by atoms with van der Waals surface area (Å²) in [5.41, 5.74) is 0. The van der Waals surface area contributed by atoms with Gasteiger partial charge in [-0.25, -0.2) is 0 Å². The lowest BCUT2D eigenvalue weighted by molar-refractivity contribution is 0.443. The highest BCUT2D eigenvalue weighted by Gasteiger charge is 2.02. The first kappa shape index (κ1) is 9.92. The van der Waals surface area contributed by atoms with Crippen molar-refractivity contribution in [1.29, 1.82) is 0 Å². The predicted octanol–water partition coefficient (Wildman–Crippen LogP) is 0.842. The Balaban J connectivity index is 3.21. The third-order valence-electron chi connectivity index (χ3n) is 1.87. The van der Waals surface area contributed by atoms with Crippen LogP contribution in [0.25, 0.3) is 0 Å². The molecule has 0 aromatic rings. The number of hydrogen-bond acceptors (Lipinski definition) is 2. The molecule has 0 rings (SSSR count). The van der Waals surface area contributed by atoms with E-state index in [9.17, 15) is 0 Å². The standard InChI is InChI=1S/C8H20N2/c1-4-8(7-10-3)5-6-9-2/h8-10H,4-7H2,1-3H3. The van der Waals surface area contributed by atoms with Gasteiger partial charge in [0.2, 0.25) is 0 Å². The number of nitrogens with one attached hydrogen (secondary N) is 2. The number of hydrogen-bond donors (Lipinski definition) is 2. The van der Waals surface area contributed by atoms with E-state index in [4.69, 9.17) is 0 Å². The molecule has 0 fully saturated rings. The van der Waals surface area contributed by atoms with Gasteiger partial charge in [0.15, 0.2) is 0 Å². The van der Waals surface area contributed by atoms with Crippen LogP contribution in [0.4, 0.5) is 0 Å². The summed E-state index contributed by atoms with van der Waals surface area (Å²) in [5, 5.41) is 6.36. The van der Waals surface area contributed by atoms with Gasteiger partial charge in [-0.05, 0) is 39.5 Å². The van der Waals surface area contributed by atoms with Crippen molar-refractivity contribution < 1.29 is 0 Å². The molecule has 0 aromatic heterocycles. The minimum absolute atomic E-state index is 0.845. The van der Waals surface area contributed by atoms with E-state index in [1.165, 1.54) is 12.8 Å². The summed E-state index contributed by atoms with van der Waals surface area (Å²) in [4.78, 5) is 0. The second kappa shape index (κ2) is 7.03. The maximum atomic E-state index is 3.20.